The third kappa shape index (κ3) is 3.89. The molecular weight excluding hydrogens is 306 g/mol. The molecule has 1 aromatic carbocycles. The van der Waals surface area contributed by atoms with Crippen LogP contribution in [0.4, 0.5) is 11.4 Å². The van der Waals surface area contributed by atoms with Crippen molar-refractivity contribution in [2.24, 2.45) is 5.11 Å². The molecular formula is C14H19N3O4S. The van der Waals surface area contributed by atoms with E-state index in [-0.39, 0.29) is 6.61 Å². The topological polar surface area (TPSA) is 109 Å². The number of aldehydes is 1. The Bertz CT molecular complexity index is 686. The summed E-state index contributed by atoms with van der Waals surface area (Å²) in [7, 11) is -3.42. The van der Waals surface area contributed by atoms with Crippen LogP contribution in [0.3, 0.4) is 0 Å². The number of hydrogen-bond donors (Lipinski definition) is 2. The van der Waals surface area contributed by atoms with Crippen molar-refractivity contribution in [2.45, 2.75) is 25.7 Å². The molecule has 0 aromatic heterocycles. The third-order valence-corrected chi connectivity index (χ3v) is 4.18. The Morgan fingerprint density at radius 2 is 2.14 bits per heavy atom. The van der Waals surface area contributed by atoms with Crippen molar-refractivity contribution in [2.75, 3.05) is 24.7 Å². The number of benzene rings is 1. The molecule has 0 bridgehead atoms. The molecule has 1 aromatic rings. The van der Waals surface area contributed by atoms with Crippen LogP contribution < -0.4 is 5.32 Å². The number of anilines is 1. The first-order valence-corrected chi connectivity index (χ1v) is 8.87. The zero-order valence-electron chi connectivity index (χ0n) is 12.4. The van der Waals surface area contributed by atoms with Gasteiger partial charge in [0.15, 0.2) is 0 Å². The summed E-state index contributed by atoms with van der Waals surface area (Å²) < 4.78 is 26.4. The number of hydrogen-bond acceptors (Lipinski definition) is 7. The highest BCUT2D eigenvalue weighted by Crippen LogP contribution is 2.38. The summed E-state index contributed by atoms with van der Waals surface area (Å²) in [5.74, 6) is 0. The molecule has 22 heavy (non-hydrogen) atoms. The van der Waals surface area contributed by atoms with Crippen molar-refractivity contribution >= 4 is 27.8 Å². The predicted octanol–water partition coefficient (Wildman–Crippen LogP) is 2.43. The molecule has 1 aliphatic rings. The molecule has 0 radical (unpaired) electrons. The van der Waals surface area contributed by atoms with Gasteiger partial charge in [0.2, 0.25) is 0 Å². The lowest BCUT2D eigenvalue weighted by Crippen LogP contribution is -2.10. The minimum Gasteiger partial charge on any atom is -0.383 e. The van der Waals surface area contributed by atoms with Crippen LogP contribution in [0, 0.1) is 5.53 Å². The molecule has 120 valence electrons. The highest BCUT2D eigenvalue weighted by atomic mass is 32.2. The van der Waals surface area contributed by atoms with E-state index in [1.54, 1.807) is 6.07 Å². The summed E-state index contributed by atoms with van der Waals surface area (Å²) in [4.78, 5) is 11.1. The maximum Gasteiger partial charge on any atom is 0.264 e. The van der Waals surface area contributed by atoms with E-state index in [1.165, 1.54) is 0 Å². The van der Waals surface area contributed by atoms with Gasteiger partial charge in [-0.2, -0.15) is 13.5 Å². The lowest BCUT2D eigenvalue weighted by Gasteiger charge is -2.15. The van der Waals surface area contributed by atoms with E-state index in [4.69, 9.17) is 5.53 Å². The minimum atomic E-state index is -3.42. The van der Waals surface area contributed by atoms with Crippen molar-refractivity contribution in [1.82, 2.24) is 0 Å². The fourth-order valence-corrected chi connectivity index (χ4v) is 3.11. The average molecular weight is 325 g/mol. The Hall–Kier alpha value is -1.80. The minimum absolute atomic E-state index is 0.105. The number of carbonyl (C=O) groups is 1. The summed E-state index contributed by atoms with van der Waals surface area (Å²) >= 11 is 0. The van der Waals surface area contributed by atoms with Crippen LogP contribution in [0.2, 0.25) is 0 Å². The summed E-state index contributed by atoms with van der Waals surface area (Å²) in [6, 6.07) is 1.62. The van der Waals surface area contributed by atoms with Gasteiger partial charge in [-0.25, -0.2) is 5.53 Å². The fraction of sp³-hybridized carbons (Fsp3) is 0.500. The first kappa shape index (κ1) is 16.6. The first-order chi connectivity index (χ1) is 10.5. The van der Waals surface area contributed by atoms with Gasteiger partial charge < -0.3 is 5.32 Å². The Labute approximate surface area is 129 Å². The lowest BCUT2D eigenvalue weighted by molar-refractivity contribution is 0.112. The molecule has 0 aliphatic heterocycles. The monoisotopic (exact) mass is 325 g/mol. The van der Waals surface area contributed by atoms with Gasteiger partial charge in [-0.1, -0.05) is 0 Å². The van der Waals surface area contributed by atoms with Gasteiger partial charge in [0.05, 0.1) is 18.6 Å². The Kier molecular flexibility index (Phi) is 5.25. The molecule has 0 amide bonds. The molecule has 2 N–H and O–H groups in total. The highest BCUT2D eigenvalue weighted by molar-refractivity contribution is 7.85. The van der Waals surface area contributed by atoms with Crippen LogP contribution in [-0.4, -0.2) is 34.1 Å². The van der Waals surface area contributed by atoms with Crippen LogP contribution >= 0.6 is 0 Å². The zero-order valence-corrected chi connectivity index (χ0v) is 13.2. The molecule has 0 unspecified atom stereocenters. The molecule has 0 saturated heterocycles. The second-order valence-electron chi connectivity index (χ2n) is 5.21. The number of nitrogens with zero attached hydrogens (tertiary/aromatic N) is 1. The second-order valence-corrected chi connectivity index (χ2v) is 6.85. The maximum absolute atomic E-state index is 11.1. The van der Waals surface area contributed by atoms with Crippen molar-refractivity contribution in [3.8, 4) is 0 Å². The van der Waals surface area contributed by atoms with E-state index in [9.17, 15) is 13.2 Å². The van der Waals surface area contributed by atoms with Crippen LogP contribution in [0.15, 0.2) is 11.2 Å². The molecule has 0 spiro atoms. The predicted molar refractivity (Wildman–Crippen MR) is 82.6 cm³/mol. The normalized spacial score (nSPS) is 13.7. The molecule has 0 saturated carbocycles. The zero-order chi connectivity index (χ0) is 16.2. The Morgan fingerprint density at radius 3 is 2.77 bits per heavy atom. The van der Waals surface area contributed by atoms with Crippen LogP contribution in [0.1, 0.15) is 34.3 Å². The number of carbonyl (C=O) groups excluding carboxylic acids is 1. The van der Waals surface area contributed by atoms with Gasteiger partial charge in [-0.3, -0.25) is 8.98 Å². The molecule has 0 atom stereocenters. The summed E-state index contributed by atoms with van der Waals surface area (Å²) in [6.07, 6.45) is 5.01. The highest BCUT2D eigenvalue weighted by Gasteiger charge is 2.21. The van der Waals surface area contributed by atoms with Crippen LogP contribution in [0.5, 0.6) is 0 Å². The largest absolute Gasteiger partial charge is 0.383 e. The van der Waals surface area contributed by atoms with Gasteiger partial charge in [0.1, 0.15) is 12.0 Å². The standard InChI is InChI=1S/C14H19N3O4S/c1-22(19,20)21-7-3-6-16-14-12-5-2-4-11(12)10(9-18)8-13(14)17-15/h8-9,15-16H,2-7H2,1H3. The Balaban J connectivity index is 2.09. The van der Waals surface area contributed by atoms with E-state index >= 15 is 0 Å². The van der Waals surface area contributed by atoms with Crippen molar-refractivity contribution in [1.29, 1.82) is 5.53 Å². The van der Waals surface area contributed by atoms with Crippen molar-refractivity contribution in [3.63, 3.8) is 0 Å². The number of fused-ring (bicyclic) bond motifs is 1. The SMILES string of the molecule is CS(=O)(=O)OCCCNc1c(N=N)cc(C=O)c2c1CCC2. The van der Waals surface area contributed by atoms with Gasteiger partial charge in [0, 0.05) is 12.1 Å². The van der Waals surface area contributed by atoms with E-state index < -0.39 is 10.1 Å². The first-order valence-electron chi connectivity index (χ1n) is 7.06. The molecule has 7 nitrogen and oxygen atoms in total. The molecule has 1 aliphatic carbocycles. The average Bonchev–Trinajstić information content (AvgIpc) is 2.94. The molecule has 0 heterocycles. The Morgan fingerprint density at radius 1 is 1.41 bits per heavy atom. The summed E-state index contributed by atoms with van der Waals surface area (Å²) in [5.41, 5.74) is 11.2. The van der Waals surface area contributed by atoms with Gasteiger partial charge in [-0.15, -0.1) is 0 Å². The fourth-order valence-electron chi connectivity index (χ4n) is 2.69. The van der Waals surface area contributed by atoms with Gasteiger partial charge in [0.25, 0.3) is 10.1 Å². The van der Waals surface area contributed by atoms with E-state index in [0.717, 1.165) is 48.6 Å². The molecule has 8 heteroatoms. The summed E-state index contributed by atoms with van der Waals surface area (Å²) in [6.45, 7) is 0.610. The van der Waals surface area contributed by atoms with E-state index in [2.05, 4.69) is 14.6 Å². The van der Waals surface area contributed by atoms with Gasteiger partial charge in [-0.05, 0) is 42.9 Å². The smallest absolute Gasteiger partial charge is 0.264 e. The van der Waals surface area contributed by atoms with Gasteiger partial charge >= 0.3 is 0 Å². The van der Waals surface area contributed by atoms with Crippen LogP contribution in [0.25, 0.3) is 0 Å². The van der Waals surface area contributed by atoms with Crippen molar-refractivity contribution < 1.29 is 17.4 Å². The molecule has 2 rings (SSSR count). The lowest BCUT2D eigenvalue weighted by atomic mass is 10.0. The van der Waals surface area contributed by atoms with E-state index in [1.807, 2.05) is 0 Å². The van der Waals surface area contributed by atoms with Crippen molar-refractivity contribution in [3.05, 3.63) is 22.8 Å². The van der Waals surface area contributed by atoms with E-state index in [0.29, 0.717) is 24.2 Å². The summed E-state index contributed by atoms with van der Waals surface area (Å²) in [5, 5.41) is 6.69. The third-order valence-electron chi connectivity index (χ3n) is 3.58. The quantitative estimate of drug-likeness (QED) is 0.330. The van der Waals surface area contributed by atoms with Crippen LogP contribution in [-0.2, 0) is 27.1 Å². The second kappa shape index (κ2) is 6.97. The number of rotatable bonds is 8. The number of nitrogens with one attached hydrogen (secondary N) is 2. The molecule has 0 fully saturated rings. The maximum atomic E-state index is 11.1.